The van der Waals surface area contributed by atoms with Gasteiger partial charge in [-0.1, -0.05) is 23.7 Å². The number of hydrogen-bond donors (Lipinski definition) is 1. The van der Waals surface area contributed by atoms with E-state index in [0.717, 1.165) is 23.4 Å². The van der Waals surface area contributed by atoms with E-state index in [1.165, 1.54) is 0 Å². The zero-order valence-electron chi connectivity index (χ0n) is 15.8. The summed E-state index contributed by atoms with van der Waals surface area (Å²) in [6.45, 7) is 1.11. The monoisotopic (exact) mass is 399 g/mol. The van der Waals surface area contributed by atoms with E-state index in [2.05, 4.69) is 10.4 Å². The van der Waals surface area contributed by atoms with Crippen molar-refractivity contribution in [1.29, 1.82) is 0 Å². The van der Waals surface area contributed by atoms with Gasteiger partial charge in [0.2, 0.25) is 0 Å². The van der Waals surface area contributed by atoms with Crippen LogP contribution < -0.4 is 10.1 Å². The summed E-state index contributed by atoms with van der Waals surface area (Å²) in [6, 6.07) is 16.5. The Kier molecular flexibility index (Phi) is 6.68. The minimum atomic E-state index is -0.201. The van der Waals surface area contributed by atoms with E-state index < -0.39 is 0 Å². The van der Waals surface area contributed by atoms with E-state index in [-0.39, 0.29) is 5.91 Å². The van der Waals surface area contributed by atoms with E-state index in [1.54, 1.807) is 37.1 Å². The first kappa shape index (κ1) is 19.9. The molecule has 6 nitrogen and oxygen atoms in total. The number of nitrogens with zero attached hydrogens (tertiary/aromatic N) is 2. The van der Waals surface area contributed by atoms with Crippen molar-refractivity contribution in [3.05, 3.63) is 65.3 Å². The lowest BCUT2D eigenvalue weighted by Gasteiger charge is -2.08. The smallest absolute Gasteiger partial charge is 0.270 e. The first-order valence-electron chi connectivity index (χ1n) is 8.90. The number of benzene rings is 2. The van der Waals surface area contributed by atoms with Crippen molar-refractivity contribution in [2.45, 2.75) is 6.42 Å². The van der Waals surface area contributed by atoms with Gasteiger partial charge in [0.1, 0.15) is 11.4 Å². The quantitative estimate of drug-likeness (QED) is 0.582. The molecule has 0 atom stereocenters. The number of aromatic nitrogens is 2. The van der Waals surface area contributed by atoms with E-state index in [1.807, 2.05) is 36.4 Å². The van der Waals surface area contributed by atoms with Gasteiger partial charge in [0.05, 0.1) is 18.5 Å². The van der Waals surface area contributed by atoms with Gasteiger partial charge in [-0.05, 0) is 48.9 Å². The molecule has 1 aromatic heterocycles. The minimum absolute atomic E-state index is 0.201. The van der Waals surface area contributed by atoms with E-state index in [0.29, 0.717) is 29.6 Å². The van der Waals surface area contributed by atoms with Gasteiger partial charge in [-0.25, -0.2) is 4.68 Å². The van der Waals surface area contributed by atoms with Gasteiger partial charge in [-0.3, -0.25) is 4.79 Å². The molecule has 2 aromatic carbocycles. The van der Waals surface area contributed by atoms with Crippen LogP contribution in [0.2, 0.25) is 5.02 Å². The molecule has 28 heavy (non-hydrogen) atoms. The van der Waals surface area contributed by atoms with Crippen LogP contribution in [0.4, 0.5) is 0 Å². The molecule has 0 bridgehead atoms. The molecule has 0 fully saturated rings. The molecule has 3 rings (SSSR count). The summed E-state index contributed by atoms with van der Waals surface area (Å²) in [4.78, 5) is 12.8. The molecule has 0 saturated carbocycles. The fraction of sp³-hybridized carbons (Fsp3) is 0.238. The van der Waals surface area contributed by atoms with Crippen molar-refractivity contribution in [1.82, 2.24) is 15.1 Å². The van der Waals surface area contributed by atoms with E-state index >= 15 is 0 Å². The molecule has 0 aliphatic heterocycles. The summed E-state index contributed by atoms with van der Waals surface area (Å²) in [5, 5.41) is 8.19. The Balaban J connectivity index is 1.96. The second-order valence-electron chi connectivity index (χ2n) is 6.14. The maximum absolute atomic E-state index is 12.8. The third kappa shape index (κ3) is 4.71. The van der Waals surface area contributed by atoms with Crippen LogP contribution in [0.25, 0.3) is 16.9 Å². The van der Waals surface area contributed by atoms with Gasteiger partial charge < -0.3 is 14.8 Å². The summed E-state index contributed by atoms with van der Waals surface area (Å²) in [5.74, 6) is 0.525. The van der Waals surface area contributed by atoms with Gasteiger partial charge in [-0.2, -0.15) is 5.10 Å². The summed E-state index contributed by atoms with van der Waals surface area (Å²) >= 11 is 6.00. The molecule has 1 N–H and O–H groups in total. The lowest BCUT2D eigenvalue weighted by Crippen LogP contribution is -2.27. The Morgan fingerprint density at radius 3 is 2.64 bits per heavy atom. The molecular formula is C21H22ClN3O3. The number of halogens is 1. The molecular weight excluding hydrogens is 378 g/mol. The normalized spacial score (nSPS) is 10.7. The number of ether oxygens (including phenoxy) is 2. The van der Waals surface area contributed by atoms with E-state index in [9.17, 15) is 4.79 Å². The predicted octanol–water partition coefficient (Wildman–Crippen LogP) is 3.97. The Morgan fingerprint density at radius 1 is 1.14 bits per heavy atom. The van der Waals surface area contributed by atoms with Gasteiger partial charge in [0.25, 0.3) is 5.91 Å². The van der Waals surface area contributed by atoms with Crippen molar-refractivity contribution >= 4 is 17.5 Å². The number of amides is 1. The molecule has 3 aromatic rings. The lowest BCUT2D eigenvalue weighted by molar-refractivity contribution is 0.0941. The maximum atomic E-state index is 12.8. The third-order valence-corrected chi connectivity index (χ3v) is 4.44. The highest BCUT2D eigenvalue weighted by atomic mass is 35.5. The standard InChI is InChI=1S/C21H22ClN3O3/c1-27-12-4-11-23-21(26)20-14-19(15-5-3-6-18(13-15)28-2)24-25(20)17-9-7-16(22)8-10-17/h3,5-10,13-14H,4,11-12H2,1-2H3,(H,23,26). The highest BCUT2D eigenvalue weighted by Gasteiger charge is 2.17. The van der Waals surface area contributed by atoms with Crippen molar-refractivity contribution in [2.24, 2.45) is 0 Å². The van der Waals surface area contributed by atoms with Crippen LogP contribution >= 0.6 is 11.6 Å². The number of nitrogens with one attached hydrogen (secondary N) is 1. The maximum Gasteiger partial charge on any atom is 0.270 e. The molecule has 1 heterocycles. The topological polar surface area (TPSA) is 65.4 Å². The third-order valence-electron chi connectivity index (χ3n) is 4.19. The molecule has 0 aliphatic carbocycles. The molecule has 146 valence electrons. The second kappa shape index (κ2) is 9.39. The van der Waals surface area contributed by atoms with Crippen LogP contribution in [0.5, 0.6) is 5.75 Å². The summed E-state index contributed by atoms with van der Waals surface area (Å²) in [6.07, 6.45) is 0.736. The van der Waals surface area contributed by atoms with Crippen LogP contribution in [-0.4, -0.2) is 43.1 Å². The fourth-order valence-corrected chi connectivity index (χ4v) is 2.88. The highest BCUT2D eigenvalue weighted by Crippen LogP contribution is 2.25. The van der Waals surface area contributed by atoms with Gasteiger partial charge >= 0.3 is 0 Å². The van der Waals surface area contributed by atoms with Crippen LogP contribution in [0.15, 0.2) is 54.6 Å². The molecule has 0 aliphatic rings. The predicted molar refractivity (Wildman–Crippen MR) is 109 cm³/mol. The summed E-state index contributed by atoms with van der Waals surface area (Å²) in [7, 11) is 3.25. The minimum Gasteiger partial charge on any atom is -0.497 e. The van der Waals surface area contributed by atoms with Crippen molar-refractivity contribution in [2.75, 3.05) is 27.4 Å². The molecule has 0 unspecified atom stereocenters. The zero-order valence-corrected chi connectivity index (χ0v) is 16.6. The van der Waals surface area contributed by atoms with Gasteiger partial charge in [-0.15, -0.1) is 0 Å². The fourth-order valence-electron chi connectivity index (χ4n) is 2.75. The van der Waals surface area contributed by atoms with Gasteiger partial charge in [0.15, 0.2) is 0 Å². The van der Waals surface area contributed by atoms with Crippen LogP contribution in [-0.2, 0) is 4.74 Å². The Morgan fingerprint density at radius 2 is 1.93 bits per heavy atom. The Labute approximate surface area is 169 Å². The molecule has 0 radical (unpaired) electrons. The van der Waals surface area contributed by atoms with Crippen LogP contribution in [0.1, 0.15) is 16.9 Å². The van der Waals surface area contributed by atoms with Gasteiger partial charge in [0, 0.05) is 30.8 Å². The number of rotatable bonds is 8. The SMILES string of the molecule is COCCCNC(=O)c1cc(-c2cccc(OC)c2)nn1-c1ccc(Cl)cc1. The average molecular weight is 400 g/mol. The van der Waals surface area contributed by atoms with Crippen molar-refractivity contribution < 1.29 is 14.3 Å². The van der Waals surface area contributed by atoms with E-state index in [4.69, 9.17) is 21.1 Å². The first-order chi connectivity index (χ1) is 13.6. The average Bonchev–Trinajstić information content (AvgIpc) is 3.17. The second-order valence-corrected chi connectivity index (χ2v) is 6.57. The number of carbonyl (C=O) groups excluding carboxylic acids is 1. The summed E-state index contributed by atoms with van der Waals surface area (Å²) < 4.78 is 11.9. The Bertz CT molecular complexity index is 938. The van der Waals surface area contributed by atoms with Crippen LogP contribution in [0.3, 0.4) is 0 Å². The number of hydrogen-bond acceptors (Lipinski definition) is 4. The Hall–Kier alpha value is -2.83. The molecule has 0 saturated heterocycles. The number of carbonyl (C=O) groups is 1. The molecule has 1 amide bonds. The zero-order chi connectivity index (χ0) is 19.9. The first-order valence-corrected chi connectivity index (χ1v) is 9.27. The van der Waals surface area contributed by atoms with Crippen molar-refractivity contribution in [3.63, 3.8) is 0 Å². The summed E-state index contributed by atoms with van der Waals surface area (Å²) in [5.41, 5.74) is 2.73. The molecule has 7 heteroatoms. The molecule has 0 spiro atoms. The number of methoxy groups -OCH3 is 2. The van der Waals surface area contributed by atoms with Crippen LogP contribution in [0, 0.1) is 0 Å². The largest absolute Gasteiger partial charge is 0.497 e. The van der Waals surface area contributed by atoms with Crippen molar-refractivity contribution in [3.8, 4) is 22.7 Å². The lowest BCUT2D eigenvalue weighted by atomic mass is 10.1. The highest BCUT2D eigenvalue weighted by molar-refractivity contribution is 6.30.